The molecule has 0 atom stereocenters. The van der Waals surface area contributed by atoms with Gasteiger partial charge in [0.25, 0.3) is 0 Å². The maximum atomic E-state index is 11.6. The first-order valence-corrected chi connectivity index (χ1v) is 7.19. The molecule has 0 amide bonds. The molecule has 20 heavy (non-hydrogen) atoms. The summed E-state index contributed by atoms with van der Waals surface area (Å²) in [7, 11) is 0. The molecule has 0 radical (unpaired) electrons. The minimum absolute atomic E-state index is 0.349. The van der Waals surface area contributed by atoms with Gasteiger partial charge in [-0.15, -0.1) is 11.3 Å². The van der Waals surface area contributed by atoms with E-state index in [0.717, 1.165) is 16.4 Å². The maximum Gasteiger partial charge on any atom is 0.338 e. The highest BCUT2D eigenvalue weighted by Crippen LogP contribution is 2.21. The highest BCUT2D eigenvalue weighted by Gasteiger charge is 2.09. The van der Waals surface area contributed by atoms with E-state index >= 15 is 0 Å². The molecule has 0 aliphatic heterocycles. The Morgan fingerprint density at radius 2 is 2.30 bits per heavy atom. The second-order valence-electron chi connectivity index (χ2n) is 4.26. The van der Waals surface area contributed by atoms with Crippen LogP contribution in [0.1, 0.15) is 28.0 Å². The van der Waals surface area contributed by atoms with E-state index in [9.17, 15) is 4.79 Å². The second kappa shape index (κ2) is 6.38. The van der Waals surface area contributed by atoms with Crippen LogP contribution < -0.4 is 11.1 Å². The molecule has 1 heterocycles. The number of thiazole rings is 1. The van der Waals surface area contributed by atoms with Crippen molar-refractivity contribution < 1.29 is 9.53 Å². The molecule has 2 aromatic rings. The van der Waals surface area contributed by atoms with Gasteiger partial charge in [-0.25, -0.2) is 9.78 Å². The third kappa shape index (κ3) is 3.48. The van der Waals surface area contributed by atoms with E-state index in [1.165, 1.54) is 0 Å². The van der Waals surface area contributed by atoms with Crippen molar-refractivity contribution in [2.75, 3.05) is 17.7 Å². The number of esters is 1. The fourth-order valence-corrected chi connectivity index (χ4v) is 2.43. The molecule has 5 nitrogen and oxygen atoms in total. The van der Waals surface area contributed by atoms with Gasteiger partial charge in [0.15, 0.2) is 0 Å². The number of hydrogen-bond donors (Lipinski definition) is 2. The third-order valence-corrected chi connectivity index (χ3v) is 3.63. The number of nitrogen functional groups attached to an aromatic ring is 1. The summed E-state index contributed by atoms with van der Waals surface area (Å²) >= 11 is 1.60. The molecular formula is C14H17N3O2S. The summed E-state index contributed by atoms with van der Waals surface area (Å²) in [6, 6.07) is 5.10. The predicted octanol–water partition coefficient (Wildman–Crippen LogP) is 2.82. The molecule has 6 heteroatoms. The molecular weight excluding hydrogens is 274 g/mol. The van der Waals surface area contributed by atoms with Crippen LogP contribution in [-0.2, 0) is 11.3 Å². The third-order valence-electron chi connectivity index (χ3n) is 2.66. The Hall–Kier alpha value is -2.08. The van der Waals surface area contributed by atoms with Crippen LogP contribution in [0.25, 0.3) is 0 Å². The Kier molecular flexibility index (Phi) is 4.57. The summed E-state index contributed by atoms with van der Waals surface area (Å²) in [4.78, 5) is 16.0. The number of anilines is 2. The first-order chi connectivity index (χ1) is 9.60. The van der Waals surface area contributed by atoms with Crippen LogP contribution in [0.5, 0.6) is 0 Å². The standard InChI is InChI=1S/C14H17N3O2S/c1-3-19-14(18)10-4-5-12(11(15)6-10)16-7-13-17-9(2)8-20-13/h4-6,8,16H,3,7,15H2,1-2H3. The lowest BCUT2D eigenvalue weighted by Gasteiger charge is -2.09. The molecule has 1 aromatic carbocycles. The zero-order chi connectivity index (χ0) is 14.5. The minimum Gasteiger partial charge on any atom is -0.462 e. The van der Waals surface area contributed by atoms with E-state index in [2.05, 4.69) is 10.3 Å². The van der Waals surface area contributed by atoms with Crippen molar-refractivity contribution in [3.63, 3.8) is 0 Å². The summed E-state index contributed by atoms with van der Waals surface area (Å²) in [5.74, 6) is -0.360. The lowest BCUT2D eigenvalue weighted by molar-refractivity contribution is 0.0526. The van der Waals surface area contributed by atoms with E-state index in [1.807, 2.05) is 12.3 Å². The van der Waals surface area contributed by atoms with E-state index in [4.69, 9.17) is 10.5 Å². The van der Waals surface area contributed by atoms with E-state index < -0.39 is 0 Å². The zero-order valence-electron chi connectivity index (χ0n) is 11.5. The number of carbonyl (C=O) groups is 1. The van der Waals surface area contributed by atoms with Gasteiger partial charge in [0.1, 0.15) is 5.01 Å². The minimum atomic E-state index is -0.360. The summed E-state index contributed by atoms with van der Waals surface area (Å²) in [6.07, 6.45) is 0. The molecule has 3 N–H and O–H groups in total. The van der Waals surface area contributed by atoms with Crippen molar-refractivity contribution in [3.05, 3.63) is 39.8 Å². The molecule has 0 aliphatic carbocycles. The second-order valence-corrected chi connectivity index (χ2v) is 5.20. The molecule has 0 spiro atoms. The largest absolute Gasteiger partial charge is 0.462 e. The fourth-order valence-electron chi connectivity index (χ4n) is 1.72. The van der Waals surface area contributed by atoms with Gasteiger partial charge in [-0.3, -0.25) is 0 Å². The van der Waals surface area contributed by atoms with Gasteiger partial charge in [0.05, 0.1) is 30.1 Å². The Morgan fingerprint density at radius 3 is 2.90 bits per heavy atom. The van der Waals surface area contributed by atoms with Crippen LogP contribution in [0.3, 0.4) is 0 Å². The Bertz CT molecular complexity index is 610. The molecule has 0 saturated heterocycles. The topological polar surface area (TPSA) is 77.2 Å². The number of aromatic nitrogens is 1. The van der Waals surface area contributed by atoms with Gasteiger partial charge in [-0.2, -0.15) is 0 Å². The Morgan fingerprint density at radius 1 is 1.50 bits per heavy atom. The van der Waals surface area contributed by atoms with E-state index in [1.54, 1.807) is 36.5 Å². The SMILES string of the molecule is CCOC(=O)c1ccc(NCc2nc(C)cs2)c(N)c1. The average molecular weight is 291 g/mol. The van der Waals surface area contributed by atoms with Gasteiger partial charge in [0, 0.05) is 11.1 Å². The summed E-state index contributed by atoms with van der Waals surface area (Å²) < 4.78 is 4.93. The fraction of sp³-hybridized carbons (Fsp3) is 0.286. The van der Waals surface area contributed by atoms with Gasteiger partial charge in [-0.1, -0.05) is 0 Å². The molecule has 0 aliphatic rings. The molecule has 0 fully saturated rings. The maximum absolute atomic E-state index is 11.6. The molecule has 0 bridgehead atoms. The smallest absolute Gasteiger partial charge is 0.338 e. The number of rotatable bonds is 5. The Labute approximate surface area is 121 Å². The highest BCUT2D eigenvalue weighted by molar-refractivity contribution is 7.09. The van der Waals surface area contributed by atoms with Gasteiger partial charge < -0.3 is 15.8 Å². The number of nitrogens with zero attached hydrogens (tertiary/aromatic N) is 1. The van der Waals surface area contributed by atoms with E-state index in [0.29, 0.717) is 24.4 Å². The van der Waals surface area contributed by atoms with Crippen LogP contribution in [0.15, 0.2) is 23.6 Å². The zero-order valence-corrected chi connectivity index (χ0v) is 12.3. The number of nitrogens with one attached hydrogen (secondary N) is 1. The quantitative estimate of drug-likeness (QED) is 0.654. The van der Waals surface area contributed by atoms with Crippen molar-refractivity contribution in [2.45, 2.75) is 20.4 Å². The Balaban J connectivity index is 2.04. The number of carbonyl (C=O) groups excluding carboxylic acids is 1. The number of benzene rings is 1. The van der Waals surface area contributed by atoms with Crippen LogP contribution >= 0.6 is 11.3 Å². The first kappa shape index (κ1) is 14.3. The monoisotopic (exact) mass is 291 g/mol. The summed E-state index contributed by atoms with van der Waals surface area (Å²) in [5, 5.41) is 6.21. The molecule has 106 valence electrons. The summed E-state index contributed by atoms with van der Waals surface area (Å²) in [5.41, 5.74) is 8.71. The van der Waals surface area contributed by atoms with E-state index in [-0.39, 0.29) is 5.97 Å². The van der Waals surface area contributed by atoms with Crippen LogP contribution in [0.4, 0.5) is 11.4 Å². The summed E-state index contributed by atoms with van der Waals surface area (Å²) in [6.45, 7) is 4.69. The van der Waals surface area contributed by atoms with Crippen molar-refractivity contribution in [1.82, 2.24) is 4.98 Å². The van der Waals surface area contributed by atoms with Crippen LogP contribution in [0.2, 0.25) is 0 Å². The lowest BCUT2D eigenvalue weighted by Crippen LogP contribution is -2.07. The van der Waals surface area contributed by atoms with Crippen molar-refractivity contribution in [2.24, 2.45) is 0 Å². The van der Waals surface area contributed by atoms with Gasteiger partial charge >= 0.3 is 5.97 Å². The molecule has 0 saturated carbocycles. The molecule has 0 unspecified atom stereocenters. The average Bonchev–Trinajstić information content (AvgIpc) is 2.83. The number of ether oxygens (including phenoxy) is 1. The van der Waals surface area contributed by atoms with Crippen LogP contribution in [0, 0.1) is 6.92 Å². The lowest BCUT2D eigenvalue weighted by atomic mass is 10.1. The first-order valence-electron chi connectivity index (χ1n) is 6.31. The number of aryl methyl sites for hydroxylation is 1. The van der Waals surface area contributed by atoms with Crippen molar-refractivity contribution in [3.8, 4) is 0 Å². The van der Waals surface area contributed by atoms with Crippen molar-refractivity contribution >= 4 is 28.7 Å². The highest BCUT2D eigenvalue weighted by atomic mass is 32.1. The van der Waals surface area contributed by atoms with Gasteiger partial charge in [-0.05, 0) is 32.0 Å². The normalized spacial score (nSPS) is 10.3. The molecule has 2 rings (SSSR count). The van der Waals surface area contributed by atoms with Crippen LogP contribution in [-0.4, -0.2) is 17.6 Å². The van der Waals surface area contributed by atoms with Gasteiger partial charge in [0.2, 0.25) is 0 Å². The predicted molar refractivity (Wildman–Crippen MR) is 81.0 cm³/mol. The number of nitrogens with two attached hydrogens (primary N) is 1. The number of hydrogen-bond acceptors (Lipinski definition) is 6. The molecule has 1 aromatic heterocycles. The van der Waals surface area contributed by atoms with Crippen molar-refractivity contribution in [1.29, 1.82) is 0 Å².